The van der Waals surface area contributed by atoms with E-state index in [-0.39, 0.29) is 12.5 Å². The quantitative estimate of drug-likeness (QED) is 0.771. The fraction of sp³-hybridized carbons (Fsp3) is 0.462. The summed E-state index contributed by atoms with van der Waals surface area (Å²) in [7, 11) is 0. The molecular formula is C13H21NO3. The molecule has 4 nitrogen and oxygen atoms in total. The molecule has 0 aliphatic rings. The fourth-order valence-corrected chi connectivity index (χ4v) is 0.948. The zero-order chi connectivity index (χ0) is 13.1. The van der Waals surface area contributed by atoms with Gasteiger partial charge in [-0.2, -0.15) is 0 Å². The van der Waals surface area contributed by atoms with Gasteiger partial charge in [-0.05, 0) is 5.56 Å². The first kappa shape index (κ1) is 15.6. The van der Waals surface area contributed by atoms with Crippen molar-refractivity contribution >= 4 is 5.91 Å². The molecule has 0 aromatic heterocycles. The molecule has 0 heterocycles. The first-order valence-corrected chi connectivity index (χ1v) is 5.80. The van der Waals surface area contributed by atoms with Gasteiger partial charge in [0.1, 0.15) is 0 Å². The van der Waals surface area contributed by atoms with Gasteiger partial charge in [-0.25, -0.2) is 5.48 Å². The van der Waals surface area contributed by atoms with Crippen molar-refractivity contribution in [1.29, 1.82) is 0 Å². The van der Waals surface area contributed by atoms with Crippen molar-refractivity contribution in [3.63, 3.8) is 0 Å². The number of hydrogen-bond donors (Lipinski definition) is 2. The predicted octanol–water partition coefficient (Wildman–Crippen LogP) is 1.89. The topological polar surface area (TPSA) is 58.6 Å². The highest BCUT2D eigenvalue weighted by Gasteiger charge is 2.10. The van der Waals surface area contributed by atoms with Crippen LogP contribution in [0.2, 0.25) is 0 Å². The van der Waals surface area contributed by atoms with Crippen LogP contribution < -0.4 is 5.48 Å². The molecule has 1 amide bonds. The Morgan fingerprint density at radius 3 is 2.47 bits per heavy atom. The van der Waals surface area contributed by atoms with Crippen LogP contribution in [-0.2, 0) is 16.2 Å². The summed E-state index contributed by atoms with van der Waals surface area (Å²) in [5, 5.41) is 8.71. The Morgan fingerprint density at radius 2 is 1.94 bits per heavy atom. The van der Waals surface area contributed by atoms with E-state index in [9.17, 15) is 4.79 Å². The molecule has 1 aromatic rings. The lowest BCUT2D eigenvalue weighted by Crippen LogP contribution is -2.30. The Hall–Kier alpha value is -1.39. The van der Waals surface area contributed by atoms with Crippen LogP contribution in [0.15, 0.2) is 30.3 Å². The van der Waals surface area contributed by atoms with E-state index in [0.29, 0.717) is 6.61 Å². The second-order valence-corrected chi connectivity index (χ2v) is 3.32. The van der Waals surface area contributed by atoms with Crippen molar-refractivity contribution < 1.29 is 14.7 Å². The molecule has 4 heteroatoms. The minimum atomic E-state index is -0.444. The number of carbonyl (C=O) groups excluding carboxylic acids is 1. The molecule has 1 atom stereocenters. The third-order valence-electron chi connectivity index (χ3n) is 1.98. The van der Waals surface area contributed by atoms with Gasteiger partial charge in [0.15, 0.2) is 0 Å². The van der Waals surface area contributed by atoms with E-state index in [0.717, 1.165) is 5.56 Å². The number of nitrogens with one attached hydrogen (secondary N) is 1. The Kier molecular flexibility index (Phi) is 9.01. The van der Waals surface area contributed by atoms with E-state index in [1.54, 1.807) is 6.92 Å². The van der Waals surface area contributed by atoms with Gasteiger partial charge >= 0.3 is 0 Å². The van der Waals surface area contributed by atoms with Gasteiger partial charge in [-0.15, -0.1) is 0 Å². The molecule has 0 saturated heterocycles. The van der Waals surface area contributed by atoms with Crippen molar-refractivity contribution in [1.82, 2.24) is 5.48 Å². The van der Waals surface area contributed by atoms with Crippen LogP contribution in [0.5, 0.6) is 0 Å². The first-order valence-electron chi connectivity index (χ1n) is 5.80. The lowest BCUT2D eigenvalue weighted by atomic mass is 10.2. The monoisotopic (exact) mass is 239 g/mol. The summed E-state index contributed by atoms with van der Waals surface area (Å²) >= 11 is 0. The number of aliphatic hydroxyl groups excluding tert-OH is 1. The lowest BCUT2D eigenvalue weighted by molar-refractivity contribution is -0.139. The van der Waals surface area contributed by atoms with Gasteiger partial charge in [-0.1, -0.05) is 51.1 Å². The number of hydrogen-bond acceptors (Lipinski definition) is 3. The van der Waals surface area contributed by atoms with E-state index in [4.69, 9.17) is 9.94 Å². The number of aliphatic hydroxyl groups is 1. The molecule has 2 N–H and O–H groups in total. The van der Waals surface area contributed by atoms with E-state index in [1.807, 2.05) is 44.2 Å². The Morgan fingerprint density at radius 1 is 1.35 bits per heavy atom. The summed E-state index contributed by atoms with van der Waals surface area (Å²) in [6.07, 6.45) is 0. The minimum Gasteiger partial charge on any atom is -0.396 e. The molecule has 0 aliphatic heterocycles. The Balaban J connectivity index is 0.00000121. The van der Waals surface area contributed by atoms with Crippen molar-refractivity contribution in [3.05, 3.63) is 35.9 Å². The molecule has 0 bridgehead atoms. The first-order chi connectivity index (χ1) is 8.24. The summed E-state index contributed by atoms with van der Waals surface area (Å²) in [6.45, 7) is 5.77. The number of amides is 1. The van der Waals surface area contributed by atoms with Gasteiger partial charge in [-0.3, -0.25) is 9.63 Å². The molecule has 17 heavy (non-hydrogen) atoms. The molecule has 1 aromatic carbocycles. The van der Waals surface area contributed by atoms with E-state index < -0.39 is 5.92 Å². The highest BCUT2D eigenvalue weighted by Crippen LogP contribution is 1.99. The maximum absolute atomic E-state index is 11.2. The zero-order valence-electron chi connectivity index (χ0n) is 10.6. The molecular weight excluding hydrogens is 218 g/mol. The lowest BCUT2D eigenvalue weighted by Gasteiger charge is -2.09. The van der Waals surface area contributed by atoms with Gasteiger partial charge in [0.05, 0.1) is 19.1 Å². The normalized spacial score (nSPS) is 11.1. The van der Waals surface area contributed by atoms with Crippen LogP contribution >= 0.6 is 0 Å². The van der Waals surface area contributed by atoms with Gasteiger partial charge < -0.3 is 5.11 Å². The summed E-state index contributed by atoms with van der Waals surface area (Å²) in [4.78, 5) is 16.2. The second kappa shape index (κ2) is 9.81. The molecule has 0 radical (unpaired) electrons. The molecule has 0 aliphatic carbocycles. The average Bonchev–Trinajstić information content (AvgIpc) is 2.41. The van der Waals surface area contributed by atoms with Crippen LogP contribution in [0.4, 0.5) is 0 Å². The van der Waals surface area contributed by atoms with Gasteiger partial charge in [0.25, 0.3) is 0 Å². The van der Waals surface area contributed by atoms with E-state index >= 15 is 0 Å². The molecule has 96 valence electrons. The zero-order valence-corrected chi connectivity index (χ0v) is 10.6. The largest absolute Gasteiger partial charge is 0.396 e. The van der Waals surface area contributed by atoms with Gasteiger partial charge in [0, 0.05) is 0 Å². The highest BCUT2D eigenvalue weighted by molar-refractivity contribution is 5.77. The second-order valence-electron chi connectivity index (χ2n) is 3.32. The predicted molar refractivity (Wildman–Crippen MR) is 67.0 cm³/mol. The molecule has 0 fully saturated rings. The third-order valence-corrected chi connectivity index (χ3v) is 1.98. The van der Waals surface area contributed by atoms with Crippen LogP contribution in [0.25, 0.3) is 0 Å². The summed E-state index contributed by atoms with van der Waals surface area (Å²) in [5.74, 6) is -0.755. The van der Waals surface area contributed by atoms with Crippen molar-refractivity contribution in [3.8, 4) is 0 Å². The number of carbonyl (C=O) groups is 1. The minimum absolute atomic E-state index is 0.180. The maximum Gasteiger partial charge on any atom is 0.248 e. The Labute approximate surface area is 103 Å². The van der Waals surface area contributed by atoms with Crippen LogP contribution in [0.3, 0.4) is 0 Å². The number of hydroxylamine groups is 1. The van der Waals surface area contributed by atoms with Gasteiger partial charge in [0.2, 0.25) is 5.91 Å². The number of rotatable bonds is 5. The van der Waals surface area contributed by atoms with Crippen LogP contribution in [0, 0.1) is 5.92 Å². The van der Waals surface area contributed by atoms with Crippen LogP contribution in [-0.4, -0.2) is 17.6 Å². The molecule has 1 rings (SSSR count). The highest BCUT2D eigenvalue weighted by atomic mass is 16.6. The molecule has 0 unspecified atom stereocenters. The van der Waals surface area contributed by atoms with Crippen molar-refractivity contribution in [2.24, 2.45) is 5.92 Å². The summed E-state index contributed by atoms with van der Waals surface area (Å²) < 4.78 is 0. The van der Waals surface area contributed by atoms with E-state index in [2.05, 4.69) is 5.48 Å². The summed E-state index contributed by atoms with van der Waals surface area (Å²) in [6, 6.07) is 9.52. The maximum atomic E-state index is 11.2. The average molecular weight is 239 g/mol. The summed E-state index contributed by atoms with van der Waals surface area (Å²) in [5.41, 5.74) is 3.26. The molecule has 0 spiro atoms. The Bertz CT molecular complexity index is 301. The SMILES string of the molecule is CC.C[C@H](CO)C(=O)NOCc1ccccc1. The number of benzene rings is 1. The van der Waals surface area contributed by atoms with Crippen molar-refractivity contribution in [2.45, 2.75) is 27.4 Å². The van der Waals surface area contributed by atoms with E-state index in [1.165, 1.54) is 0 Å². The molecule has 0 saturated carbocycles. The van der Waals surface area contributed by atoms with Crippen LogP contribution in [0.1, 0.15) is 26.3 Å². The van der Waals surface area contributed by atoms with Crippen molar-refractivity contribution in [2.75, 3.05) is 6.61 Å². The fourth-order valence-electron chi connectivity index (χ4n) is 0.948. The smallest absolute Gasteiger partial charge is 0.248 e. The standard InChI is InChI=1S/C11H15NO3.C2H6/c1-9(7-13)11(14)12-15-8-10-5-3-2-4-6-10;1-2/h2-6,9,13H,7-8H2,1H3,(H,12,14);1-2H3/t9-;/m1./s1. The third kappa shape index (κ3) is 6.71.